The first-order valence-corrected chi connectivity index (χ1v) is 13.3. The molecule has 196 valence electrons. The minimum atomic E-state index is -0.516. The molecule has 38 heavy (non-hydrogen) atoms. The Morgan fingerprint density at radius 2 is 1.95 bits per heavy atom. The minimum absolute atomic E-state index is 0.0868. The molecule has 0 radical (unpaired) electrons. The Kier molecular flexibility index (Phi) is 8.13. The van der Waals surface area contributed by atoms with Gasteiger partial charge in [-0.2, -0.15) is 5.26 Å². The first-order valence-electron chi connectivity index (χ1n) is 12.5. The third kappa shape index (κ3) is 6.21. The van der Waals surface area contributed by atoms with Gasteiger partial charge in [0.1, 0.15) is 27.4 Å². The number of thiazole rings is 1. The second-order valence-corrected chi connectivity index (χ2v) is 11.0. The number of nitriles is 1. The molecule has 1 aromatic heterocycles. The number of carbonyl (C=O) groups excluding carboxylic acids is 1. The Morgan fingerprint density at radius 3 is 2.63 bits per heavy atom. The van der Waals surface area contributed by atoms with Crippen LogP contribution >= 0.6 is 11.3 Å². The van der Waals surface area contributed by atoms with Gasteiger partial charge < -0.3 is 15.4 Å². The summed E-state index contributed by atoms with van der Waals surface area (Å²) in [6, 6.07) is 19.4. The number of nitrogens with one attached hydrogen (secondary N) is 2. The molecular weight excluding hydrogens is 498 g/mol. The molecule has 4 rings (SSSR count). The summed E-state index contributed by atoms with van der Waals surface area (Å²) in [4.78, 5) is 30.1. The largest absolute Gasteiger partial charge is 0.475 e. The molecule has 1 amide bonds. The first-order chi connectivity index (χ1) is 18.2. The number of benzene rings is 2. The van der Waals surface area contributed by atoms with Crippen molar-refractivity contribution in [2.75, 3.05) is 17.2 Å². The van der Waals surface area contributed by atoms with Gasteiger partial charge in [-0.05, 0) is 37.1 Å². The summed E-state index contributed by atoms with van der Waals surface area (Å²) in [6.07, 6.45) is 2.34. The van der Waals surface area contributed by atoms with Crippen LogP contribution in [0.15, 0.2) is 64.4 Å². The van der Waals surface area contributed by atoms with Gasteiger partial charge >= 0.3 is 0 Å². The van der Waals surface area contributed by atoms with E-state index >= 15 is 0 Å². The Labute approximate surface area is 225 Å². The molecule has 0 saturated heterocycles. The van der Waals surface area contributed by atoms with Crippen molar-refractivity contribution in [3.8, 4) is 6.07 Å². The number of aliphatic imine (C=N–C) groups is 1. The lowest BCUT2D eigenvalue weighted by Crippen LogP contribution is -2.32. The fraction of sp³-hybridized carbons (Fsp3) is 0.310. The van der Waals surface area contributed by atoms with Gasteiger partial charge in [-0.15, -0.1) is 11.3 Å². The maximum atomic E-state index is 13.1. The lowest BCUT2D eigenvalue weighted by Gasteiger charge is -2.18. The molecule has 0 unspecified atom stereocenters. The van der Waals surface area contributed by atoms with Crippen LogP contribution in [-0.2, 0) is 22.5 Å². The zero-order chi connectivity index (χ0) is 27.3. The third-order valence-corrected chi connectivity index (χ3v) is 7.09. The number of aromatic nitrogens is 1. The predicted molar refractivity (Wildman–Crippen MR) is 152 cm³/mol. The quantitative estimate of drug-likeness (QED) is 0.487. The van der Waals surface area contributed by atoms with E-state index in [-0.39, 0.29) is 29.0 Å². The smallest absolute Gasteiger partial charge is 0.270 e. The Morgan fingerprint density at radius 1 is 1.21 bits per heavy atom. The number of amides is 1. The van der Waals surface area contributed by atoms with Crippen molar-refractivity contribution >= 4 is 46.3 Å². The highest BCUT2D eigenvalue weighted by atomic mass is 32.1. The second kappa shape index (κ2) is 11.5. The lowest BCUT2D eigenvalue weighted by atomic mass is 9.95. The molecule has 1 aliphatic rings. The topological polar surface area (TPSA) is 109 Å². The lowest BCUT2D eigenvalue weighted by molar-refractivity contribution is -0.123. The fourth-order valence-corrected chi connectivity index (χ4v) is 4.96. The second-order valence-electron chi connectivity index (χ2n) is 9.97. The van der Waals surface area contributed by atoms with E-state index in [0.29, 0.717) is 40.1 Å². The van der Waals surface area contributed by atoms with Crippen molar-refractivity contribution in [2.45, 2.75) is 46.7 Å². The highest BCUT2D eigenvalue weighted by Crippen LogP contribution is 2.20. The summed E-state index contributed by atoms with van der Waals surface area (Å²) < 4.78 is 8.33. The zero-order valence-electron chi connectivity index (χ0n) is 21.9. The fourth-order valence-electron chi connectivity index (χ4n) is 3.88. The molecule has 2 N–H and O–H groups in total. The molecule has 2 aromatic carbocycles. The van der Waals surface area contributed by atoms with Gasteiger partial charge in [0.25, 0.3) is 5.56 Å². The van der Waals surface area contributed by atoms with Crippen LogP contribution in [0.5, 0.6) is 0 Å². The summed E-state index contributed by atoms with van der Waals surface area (Å²) >= 11 is 1.22. The van der Waals surface area contributed by atoms with Gasteiger partial charge in [-0.25, -0.2) is 4.99 Å². The molecule has 2 heterocycles. The van der Waals surface area contributed by atoms with Gasteiger partial charge in [0.2, 0.25) is 11.8 Å². The number of rotatable bonds is 7. The normalized spacial score (nSPS) is 16.3. The van der Waals surface area contributed by atoms with Crippen molar-refractivity contribution in [3.05, 3.63) is 79.7 Å². The Balaban J connectivity index is 1.63. The van der Waals surface area contributed by atoms with Gasteiger partial charge in [0, 0.05) is 29.5 Å². The Hall–Kier alpha value is -4.16. The van der Waals surface area contributed by atoms with Crippen LogP contribution in [0, 0.1) is 16.7 Å². The maximum absolute atomic E-state index is 13.1. The molecule has 0 bridgehead atoms. The van der Waals surface area contributed by atoms with Crippen LogP contribution in [0.1, 0.15) is 33.3 Å². The molecule has 8 nitrogen and oxygen atoms in total. The van der Waals surface area contributed by atoms with Gasteiger partial charge in [-0.1, -0.05) is 57.2 Å². The Bertz CT molecular complexity index is 1570. The highest BCUT2D eigenvalue weighted by Gasteiger charge is 2.24. The molecule has 9 heteroatoms. The van der Waals surface area contributed by atoms with Crippen molar-refractivity contribution in [1.82, 2.24) is 4.57 Å². The molecule has 0 spiro atoms. The number of nitrogens with zero attached hydrogens (tertiary/aromatic N) is 3. The minimum Gasteiger partial charge on any atom is -0.475 e. The molecule has 0 saturated carbocycles. The summed E-state index contributed by atoms with van der Waals surface area (Å²) in [5.41, 5.74) is 2.06. The van der Waals surface area contributed by atoms with Crippen molar-refractivity contribution in [3.63, 3.8) is 0 Å². The van der Waals surface area contributed by atoms with Crippen LogP contribution in [0.3, 0.4) is 0 Å². The van der Waals surface area contributed by atoms with E-state index in [0.717, 1.165) is 5.56 Å². The van der Waals surface area contributed by atoms with Crippen LogP contribution in [0.25, 0.3) is 11.8 Å². The van der Waals surface area contributed by atoms with Crippen LogP contribution in [-0.4, -0.2) is 29.0 Å². The SMILES string of the molecule is CCn1c(=O)/c(=C\Nc2cccc(NC(=O)C(C)(C)C)c2)s/c1=C(/C#N)C1=N[C@@H](Cc2ccccc2)CO1. The summed E-state index contributed by atoms with van der Waals surface area (Å²) in [5.74, 6) is 0.189. The van der Waals surface area contributed by atoms with Crippen LogP contribution < -0.4 is 25.4 Å². The van der Waals surface area contributed by atoms with Gasteiger partial charge in [-0.3, -0.25) is 14.2 Å². The van der Waals surface area contributed by atoms with E-state index in [9.17, 15) is 14.9 Å². The number of ether oxygens (including phenoxy) is 1. The summed E-state index contributed by atoms with van der Waals surface area (Å²) in [5, 5.41) is 16.0. The first kappa shape index (κ1) is 26.9. The van der Waals surface area contributed by atoms with E-state index in [2.05, 4.69) is 21.7 Å². The number of hydrogen-bond acceptors (Lipinski definition) is 7. The zero-order valence-corrected chi connectivity index (χ0v) is 22.8. The van der Waals surface area contributed by atoms with E-state index in [1.165, 1.54) is 11.3 Å². The van der Waals surface area contributed by atoms with Crippen LogP contribution in [0.4, 0.5) is 11.4 Å². The number of hydrogen-bond donors (Lipinski definition) is 2. The molecule has 3 aromatic rings. The molecule has 1 atom stereocenters. The van der Waals surface area contributed by atoms with Crippen molar-refractivity contribution in [1.29, 1.82) is 5.26 Å². The highest BCUT2D eigenvalue weighted by molar-refractivity contribution is 7.07. The van der Waals surface area contributed by atoms with Crippen molar-refractivity contribution < 1.29 is 9.53 Å². The average molecular weight is 530 g/mol. The number of carbonyl (C=O) groups is 1. The predicted octanol–water partition coefficient (Wildman–Crippen LogP) is 3.48. The number of anilines is 2. The standard InChI is InChI=1S/C29H31N5O3S/c1-5-34-26(35)24(17-31-20-12-9-13-21(15-20)33-28(36)29(2,3)4)38-27(34)23(16-30)25-32-22(18-37-25)14-19-10-7-6-8-11-19/h6-13,15,17,22,31H,5,14,18H2,1-4H3,(H,33,36)/b24-17+,27-23-/t22-/m0/s1. The summed E-state index contributed by atoms with van der Waals surface area (Å²) in [6.45, 7) is 8.20. The van der Waals surface area contributed by atoms with E-state index in [1.807, 2.05) is 76.2 Å². The third-order valence-electron chi connectivity index (χ3n) is 5.96. The monoisotopic (exact) mass is 529 g/mol. The average Bonchev–Trinajstić information content (AvgIpc) is 3.47. The molecule has 0 aliphatic carbocycles. The van der Waals surface area contributed by atoms with Crippen molar-refractivity contribution in [2.24, 2.45) is 10.4 Å². The summed E-state index contributed by atoms with van der Waals surface area (Å²) in [7, 11) is 0. The maximum Gasteiger partial charge on any atom is 0.270 e. The molecule has 1 aliphatic heterocycles. The molecule has 0 fully saturated rings. The van der Waals surface area contributed by atoms with E-state index in [1.54, 1.807) is 16.8 Å². The molecular formula is C29H31N5O3S. The van der Waals surface area contributed by atoms with Gasteiger partial charge in [0.15, 0.2) is 0 Å². The van der Waals surface area contributed by atoms with Crippen LogP contribution in [0.2, 0.25) is 0 Å². The van der Waals surface area contributed by atoms with E-state index in [4.69, 9.17) is 4.74 Å². The van der Waals surface area contributed by atoms with E-state index < -0.39 is 5.41 Å². The van der Waals surface area contributed by atoms with Gasteiger partial charge in [0.05, 0.1) is 6.04 Å².